The summed E-state index contributed by atoms with van der Waals surface area (Å²) in [6.07, 6.45) is 0. The average molecular weight is 273 g/mol. The molecule has 1 atom stereocenters. The number of para-hydroxylation sites is 1. The van der Waals surface area contributed by atoms with Crippen LogP contribution in [0.1, 0.15) is 16.1 Å². The Bertz CT molecular complexity index is 613. The van der Waals surface area contributed by atoms with E-state index in [0.717, 1.165) is 16.6 Å². The quantitative estimate of drug-likeness (QED) is 0.859. The lowest BCUT2D eigenvalue weighted by Crippen LogP contribution is -2.43. The minimum Gasteiger partial charge on any atom is -0.383 e. The molecule has 20 heavy (non-hydrogen) atoms. The summed E-state index contributed by atoms with van der Waals surface area (Å²) >= 11 is 0. The Morgan fingerprint density at radius 3 is 2.90 bits per heavy atom. The molecule has 0 aliphatic carbocycles. The van der Waals surface area contributed by atoms with Crippen LogP contribution in [0, 0.1) is 6.92 Å². The SMILES string of the molecule is COCC(CN)NC(=O)c1cc(C)nc2ccccc12. The van der Waals surface area contributed by atoms with Crippen molar-refractivity contribution >= 4 is 16.8 Å². The van der Waals surface area contributed by atoms with E-state index < -0.39 is 0 Å². The predicted octanol–water partition coefficient (Wildman–Crippen LogP) is 1.25. The van der Waals surface area contributed by atoms with Gasteiger partial charge >= 0.3 is 0 Å². The molecule has 0 radical (unpaired) electrons. The van der Waals surface area contributed by atoms with Crippen molar-refractivity contribution in [1.82, 2.24) is 10.3 Å². The van der Waals surface area contributed by atoms with Crippen molar-refractivity contribution in [1.29, 1.82) is 0 Å². The molecule has 0 fully saturated rings. The fourth-order valence-electron chi connectivity index (χ4n) is 2.13. The van der Waals surface area contributed by atoms with Crippen molar-refractivity contribution in [2.45, 2.75) is 13.0 Å². The third-order valence-corrected chi connectivity index (χ3v) is 3.08. The van der Waals surface area contributed by atoms with Gasteiger partial charge in [0.05, 0.1) is 23.7 Å². The van der Waals surface area contributed by atoms with Crippen molar-refractivity contribution in [2.75, 3.05) is 20.3 Å². The van der Waals surface area contributed by atoms with Crippen LogP contribution >= 0.6 is 0 Å². The van der Waals surface area contributed by atoms with Crippen molar-refractivity contribution in [3.8, 4) is 0 Å². The molecule has 2 aromatic rings. The number of carbonyl (C=O) groups is 1. The van der Waals surface area contributed by atoms with Crippen LogP contribution in [0.25, 0.3) is 10.9 Å². The van der Waals surface area contributed by atoms with Gasteiger partial charge < -0.3 is 15.8 Å². The summed E-state index contributed by atoms with van der Waals surface area (Å²) in [6.45, 7) is 2.60. The van der Waals surface area contributed by atoms with E-state index in [0.29, 0.717) is 18.7 Å². The molecule has 1 aromatic carbocycles. The predicted molar refractivity (Wildman–Crippen MR) is 78.7 cm³/mol. The van der Waals surface area contributed by atoms with Gasteiger partial charge in [0.15, 0.2) is 0 Å². The second-order valence-corrected chi connectivity index (χ2v) is 4.69. The van der Waals surface area contributed by atoms with Crippen molar-refractivity contribution in [2.24, 2.45) is 5.73 Å². The van der Waals surface area contributed by atoms with Gasteiger partial charge in [0.25, 0.3) is 5.91 Å². The van der Waals surface area contributed by atoms with Crippen LogP contribution in [0.3, 0.4) is 0 Å². The molecule has 1 aromatic heterocycles. The average Bonchev–Trinajstić information content (AvgIpc) is 2.45. The van der Waals surface area contributed by atoms with Crippen LogP contribution in [-0.4, -0.2) is 37.2 Å². The molecule has 0 saturated heterocycles. The fourth-order valence-corrected chi connectivity index (χ4v) is 2.13. The lowest BCUT2D eigenvalue weighted by Gasteiger charge is -2.16. The standard InChI is InChI=1S/C15H19N3O2/c1-10-7-13(12-5-3-4-6-14(12)17-10)15(19)18-11(8-16)9-20-2/h3-7,11H,8-9,16H2,1-2H3,(H,18,19). The Labute approximate surface area is 118 Å². The van der Waals surface area contributed by atoms with Gasteiger partial charge in [-0.05, 0) is 19.1 Å². The van der Waals surface area contributed by atoms with Gasteiger partial charge in [-0.2, -0.15) is 0 Å². The van der Waals surface area contributed by atoms with Crippen LogP contribution in [0.5, 0.6) is 0 Å². The molecule has 0 bridgehead atoms. The van der Waals surface area contributed by atoms with Crippen molar-refractivity contribution < 1.29 is 9.53 Å². The maximum absolute atomic E-state index is 12.4. The number of fused-ring (bicyclic) bond motifs is 1. The lowest BCUT2D eigenvalue weighted by atomic mass is 10.1. The van der Waals surface area contributed by atoms with Gasteiger partial charge in [0, 0.05) is 24.7 Å². The van der Waals surface area contributed by atoms with Crippen LogP contribution in [0.2, 0.25) is 0 Å². The molecule has 0 spiro atoms. The highest BCUT2D eigenvalue weighted by Gasteiger charge is 2.15. The third kappa shape index (κ3) is 3.12. The number of aryl methyl sites for hydroxylation is 1. The van der Waals surface area contributed by atoms with Gasteiger partial charge in [-0.1, -0.05) is 18.2 Å². The van der Waals surface area contributed by atoms with Gasteiger partial charge in [-0.3, -0.25) is 9.78 Å². The number of amides is 1. The second-order valence-electron chi connectivity index (χ2n) is 4.69. The number of benzene rings is 1. The first-order chi connectivity index (χ1) is 9.65. The van der Waals surface area contributed by atoms with E-state index in [1.165, 1.54) is 0 Å². The smallest absolute Gasteiger partial charge is 0.252 e. The zero-order valence-corrected chi connectivity index (χ0v) is 11.7. The third-order valence-electron chi connectivity index (χ3n) is 3.08. The highest BCUT2D eigenvalue weighted by atomic mass is 16.5. The highest BCUT2D eigenvalue weighted by Crippen LogP contribution is 2.18. The Kier molecular flexibility index (Phi) is 4.65. The summed E-state index contributed by atoms with van der Waals surface area (Å²) < 4.78 is 5.04. The molecule has 1 unspecified atom stereocenters. The molecule has 2 rings (SSSR count). The van der Waals surface area contributed by atoms with E-state index in [2.05, 4.69) is 10.3 Å². The summed E-state index contributed by atoms with van der Waals surface area (Å²) in [6, 6.07) is 9.19. The molecular formula is C15H19N3O2. The van der Waals surface area contributed by atoms with E-state index >= 15 is 0 Å². The molecule has 1 heterocycles. The van der Waals surface area contributed by atoms with Gasteiger partial charge in [-0.25, -0.2) is 0 Å². The minimum atomic E-state index is -0.195. The van der Waals surface area contributed by atoms with E-state index in [-0.39, 0.29) is 11.9 Å². The Hall–Kier alpha value is -1.98. The number of carbonyl (C=O) groups excluding carboxylic acids is 1. The number of ether oxygens (including phenoxy) is 1. The van der Waals surface area contributed by atoms with E-state index in [9.17, 15) is 4.79 Å². The van der Waals surface area contributed by atoms with Crippen LogP contribution in [0.4, 0.5) is 0 Å². The zero-order valence-electron chi connectivity index (χ0n) is 11.7. The molecule has 0 aliphatic rings. The number of nitrogens with two attached hydrogens (primary N) is 1. The van der Waals surface area contributed by atoms with E-state index in [1.54, 1.807) is 13.2 Å². The maximum atomic E-state index is 12.4. The molecule has 5 heteroatoms. The number of nitrogens with one attached hydrogen (secondary N) is 1. The Morgan fingerprint density at radius 2 is 2.20 bits per heavy atom. The number of aromatic nitrogens is 1. The first-order valence-corrected chi connectivity index (χ1v) is 6.52. The topological polar surface area (TPSA) is 77.2 Å². The van der Waals surface area contributed by atoms with Crippen LogP contribution in [0.15, 0.2) is 30.3 Å². The van der Waals surface area contributed by atoms with E-state index in [1.807, 2.05) is 31.2 Å². The summed E-state index contributed by atoms with van der Waals surface area (Å²) in [7, 11) is 1.58. The maximum Gasteiger partial charge on any atom is 0.252 e. The van der Waals surface area contributed by atoms with Gasteiger partial charge in [-0.15, -0.1) is 0 Å². The molecule has 0 aliphatic heterocycles. The van der Waals surface area contributed by atoms with Crippen LogP contribution in [-0.2, 0) is 4.74 Å². The summed E-state index contributed by atoms with van der Waals surface area (Å²) in [5, 5.41) is 3.72. The molecule has 106 valence electrons. The molecule has 1 amide bonds. The molecule has 3 N–H and O–H groups in total. The van der Waals surface area contributed by atoms with Crippen molar-refractivity contribution in [3.05, 3.63) is 41.6 Å². The molecular weight excluding hydrogens is 254 g/mol. The first kappa shape index (κ1) is 14.4. The number of hydrogen-bond acceptors (Lipinski definition) is 4. The Balaban J connectivity index is 2.34. The van der Waals surface area contributed by atoms with Crippen molar-refractivity contribution in [3.63, 3.8) is 0 Å². The normalized spacial score (nSPS) is 12.3. The fraction of sp³-hybridized carbons (Fsp3) is 0.333. The number of rotatable bonds is 5. The summed E-state index contributed by atoms with van der Waals surface area (Å²) in [5.41, 5.74) is 7.86. The minimum absolute atomic E-state index is 0.154. The second kappa shape index (κ2) is 6.45. The van der Waals surface area contributed by atoms with Gasteiger partial charge in [0.2, 0.25) is 0 Å². The number of hydrogen-bond donors (Lipinski definition) is 2. The lowest BCUT2D eigenvalue weighted by molar-refractivity contribution is 0.0902. The molecule has 5 nitrogen and oxygen atoms in total. The van der Waals surface area contributed by atoms with E-state index in [4.69, 9.17) is 10.5 Å². The largest absolute Gasteiger partial charge is 0.383 e. The monoisotopic (exact) mass is 273 g/mol. The number of methoxy groups -OCH3 is 1. The number of nitrogens with zero attached hydrogens (tertiary/aromatic N) is 1. The first-order valence-electron chi connectivity index (χ1n) is 6.52. The zero-order chi connectivity index (χ0) is 14.5. The Morgan fingerprint density at radius 1 is 1.45 bits per heavy atom. The highest BCUT2D eigenvalue weighted by molar-refractivity contribution is 6.06. The molecule has 0 saturated carbocycles. The van der Waals surface area contributed by atoms with Gasteiger partial charge in [0.1, 0.15) is 0 Å². The summed E-state index contributed by atoms with van der Waals surface area (Å²) in [5.74, 6) is -0.154. The summed E-state index contributed by atoms with van der Waals surface area (Å²) in [4.78, 5) is 16.8. The van der Waals surface area contributed by atoms with Crippen LogP contribution < -0.4 is 11.1 Å². The number of pyridine rings is 1.